The molecule has 0 spiro atoms. The van der Waals surface area contributed by atoms with Gasteiger partial charge in [-0.1, -0.05) is 6.92 Å². The van der Waals surface area contributed by atoms with Crippen molar-refractivity contribution in [2.24, 2.45) is 0 Å². The van der Waals surface area contributed by atoms with Crippen molar-refractivity contribution >= 4 is 53.8 Å². The number of rotatable bonds is 4. The van der Waals surface area contributed by atoms with Crippen molar-refractivity contribution in [1.82, 2.24) is 9.78 Å². The van der Waals surface area contributed by atoms with Gasteiger partial charge in [-0.25, -0.2) is 0 Å². The normalized spacial score (nSPS) is 11.3. The van der Waals surface area contributed by atoms with E-state index in [1.165, 1.54) is 9.40 Å². The quantitative estimate of drug-likeness (QED) is 0.643. The number of carbonyl (C=O) groups excluding carboxylic acids is 1. The Labute approximate surface area is 127 Å². The van der Waals surface area contributed by atoms with E-state index in [2.05, 4.69) is 34.0 Å². The fraction of sp³-hybridized carbons (Fsp3) is 0.231. The molecular weight excluding hydrogens is 344 g/mol. The third kappa shape index (κ3) is 2.28. The molecule has 19 heavy (non-hydrogen) atoms. The molecule has 0 amide bonds. The first-order valence-electron chi connectivity index (χ1n) is 5.93. The molecule has 0 aliphatic rings. The second kappa shape index (κ2) is 5.19. The summed E-state index contributed by atoms with van der Waals surface area (Å²) < 4.78 is 4.89. The summed E-state index contributed by atoms with van der Waals surface area (Å²) in [6, 6.07) is 4.03. The highest BCUT2D eigenvalue weighted by Crippen LogP contribution is 2.32. The monoisotopic (exact) mass is 354 g/mol. The van der Waals surface area contributed by atoms with Gasteiger partial charge >= 0.3 is 0 Å². The van der Waals surface area contributed by atoms with Gasteiger partial charge in [0.05, 0.1) is 15.5 Å². The van der Waals surface area contributed by atoms with E-state index >= 15 is 0 Å². The summed E-state index contributed by atoms with van der Waals surface area (Å²) in [7, 11) is 0. The average molecular weight is 355 g/mol. The number of aromatic nitrogens is 2. The zero-order valence-corrected chi connectivity index (χ0v) is 13.4. The Morgan fingerprint density at radius 3 is 3.05 bits per heavy atom. The van der Waals surface area contributed by atoms with Gasteiger partial charge in [0.25, 0.3) is 0 Å². The van der Waals surface area contributed by atoms with Crippen molar-refractivity contribution in [2.45, 2.75) is 19.9 Å². The van der Waals surface area contributed by atoms with Crippen LogP contribution in [0.5, 0.6) is 0 Å². The number of hydrogen-bond donors (Lipinski definition) is 0. The highest BCUT2D eigenvalue weighted by molar-refractivity contribution is 9.10. The van der Waals surface area contributed by atoms with E-state index in [0.29, 0.717) is 5.69 Å². The van der Waals surface area contributed by atoms with Crippen LogP contribution >= 0.6 is 38.6 Å². The lowest BCUT2D eigenvalue weighted by molar-refractivity contribution is 0.103. The molecule has 0 saturated heterocycles. The Morgan fingerprint density at radius 2 is 2.32 bits per heavy atom. The molecule has 3 nitrogen and oxygen atoms in total. The van der Waals surface area contributed by atoms with Gasteiger partial charge in [-0.3, -0.25) is 9.48 Å². The minimum absolute atomic E-state index is 0.0474. The number of fused-ring (bicyclic) bond motifs is 1. The van der Waals surface area contributed by atoms with Gasteiger partial charge in [-0.05, 0) is 39.9 Å². The summed E-state index contributed by atoms with van der Waals surface area (Å²) in [6.45, 7) is 2.83. The van der Waals surface area contributed by atoms with Crippen LogP contribution in [-0.2, 0) is 6.54 Å². The van der Waals surface area contributed by atoms with Gasteiger partial charge in [0.15, 0.2) is 0 Å². The Morgan fingerprint density at radius 1 is 1.47 bits per heavy atom. The lowest BCUT2D eigenvalue weighted by atomic mass is 10.2. The number of aryl methyl sites for hydroxylation is 1. The third-order valence-electron chi connectivity index (χ3n) is 2.81. The Kier molecular flexibility index (Phi) is 3.56. The number of hydrogen-bond acceptors (Lipinski definition) is 4. The predicted octanol–water partition coefficient (Wildman–Crippen LogP) is 4.56. The van der Waals surface area contributed by atoms with Crippen LogP contribution in [0.25, 0.3) is 9.40 Å². The maximum Gasteiger partial charge on any atom is 0.222 e. The van der Waals surface area contributed by atoms with E-state index < -0.39 is 0 Å². The van der Waals surface area contributed by atoms with Gasteiger partial charge in [-0.15, -0.1) is 22.7 Å². The van der Waals surface area contributed by atoms with Crippen molar-refractivity contribution in [2.75, 3.05) is 0 Å². The molecule has 0 aliphatic heterocycles. The molecule has 0 aliphatic carbocycles. The largest absolute Gasteiger partial charge is 0.286 e. The second-order valence-corrected chi connectivity index (χ2v) is 7.04. The molecule has 3 aromatic heterocycles. The molecular formula is C13H11BrN2OS2. The van der Waals surface area contributed by atoms with Crippen LogP contribution in [0.3, 0.4) is 0 Å². The van der Waals surface area contributed by atoms with Crippen LogP contribution in [-0.4, -0.2) is 15.6 Å². The number of thiophene rings is 2. The van der Waals surface area contributed by atoms with E-state index in [1.54, 1.807) is 33.6 Å². The van der Waals surface area contributed by atoms with Crippen molar-refractivity contribution in [1.29, 1.82) is 0 Å². The van der Waals surface area contributed by atoms with Gasteiger partial charge < -0.3 is 0 Å². The summed E-state index contributed by atoms with van der Waals surface area (Å²) in [6.07, 6.45) is 2.65. The van der Waals surface area contributed by atoms with Crippen LogP contribution in [0.1, 0.15) is 28.7 Å². The maximum atomic E-state index is 12.6. The fourth-order valence-corrected chi connectivity index (χ4v) is 4.49. The molecule has 0 saturated carbocycles. The van der Waals surface area contributed by atoms with E-state index in [1.807, 2.05) is 11.4 Å². The number of ketones is 1. The van der Waals surface area contributed by atoms with Gasteiger partial charge in [-0.2, -0.15) is 5.10 Å². The lowest BCUT2D eigenvalue weighted by Crippen LogP contribution is -2.11. The highest BCUT2D eigenvalue weighted by Gasteiger charge is 2.20. The van der Waals surface area contributed by atoms with E-state index in [4.69, 9.17) is 0 Å². The first-order valence-corrected chi connectivity index (χ1v) is 8.42. The average Bonchev–Trinajstić information content (AvgIpc) is 3.03. The van der Waals surface area contributed by atoms with Crippen LogP contribution in [0, 0.1) is 0 Å². The van der Waals surface area contributed by atoms with Gasteiger partial charge in [0.2, 0.25) is 5.78 Å². The van der Waals surface area contributed by atoms with E-state index in [-0.39, 0.29) is 5.78 Å². The minimum atomic E-state index is 0.0474. The Balaban J connectivity index is 2.04. The number of nitrogens with zero attached hydrogens (tertiary/aromatic N) is 2. The minimum Gasteiger partial charge on any atom is -0.286 e. The SMILES string of the molecule is CCCn1ncc(Br)c1C(=O)c1cc2sccc2s1. The summed E-state index contributed by atoms with van der Waals surface area (Å²) in [5.41, 5.74) is 0.649. The topological polar surface area (TPSA) is 34.9 Å². The molecule has 0 unspecified atom stereocenters. The molecule has 3 rings (SSSR count). The molecule has 3 heterocycles. The predicted molar refractivity (Wildman–Crippen MR) is 83.4 cm³/mol. The molecule has 6 heteroatoms. The molecule has 0 radical (unpaired) electrons. The first-order chi connectivity index (χ1) is 9.20. The fourth-order valence-electron chi connectivity index (χ4n) is 1.96. The molecule has 3 aromatic rings. The zero-order chi connectivity index (χ0) is 13.4. The Bertz CT molecular complexity index is 712. The number of halogens is 1. The van der Waals surface area contributed by atoms with Crippen LogP contribution in [0.15, 0.2) is 28.2 Å². The van der Waals surface area contributed by atoms with Crippen LogP contribution in [0.2, 0.25) is 0 Å². The van der Waals surface area contributed by atoms with Crippen LogP contribution in [0.4, 0.5) is 0 Å². The van der Waals surface area contributed by atoms with Crippen LogP contribution < -0.4 is 0 Å². The van der Waals surface area contributed by atoms with Crippen molar-refractivity contribution in [3.8, 4) is 0 Å². The lowest BCUT2D eigenvalue weighted by Gasteiger charge is -2.04. The second-order valence-electron chi connectivity index (χ2n) is 4.15. The van der Waals surface area contributed by atoms with E-state index in [9.17, 15) is 4.79 Å². The zero-order valence-electron chi connectivity index (χ0n) is 10.2. The molecule has 0 atom stereocenters. The Hall–Kier alpha value is -0.980. The smallest absolute Gasteiger partial charge is 0.222 e. The van der Waals surface area contributed by atoms with E-state index in [0.717, 1.165) is 22.3 Å². The molecule has 0 fully saturated rings. The first kappa shape index (κ1) is 13.0. The molecule has 0 N–H and O–H groups in total. The van der Waals surface area contributed by atoms with Gasteiger partial charge in [0.1, 0.15) is 5.69 Å². The highest BCUT2D eigenvalue weighted by atomic mass is 79.9. The summed E-state index contributed by atoms with van der Waals surface area (Å²) in [4.78, 5) is 13.4. The molecule has 98 valence electrons. The number of carbonyl (C=O) groups is 1. The summed E-state index contributed by atoms with van der Waals surface area (Å²) >= 11 is 6.63. The molecule has 0 bridgehead atoms. The van der Waals surface area contributed by atoms with Crippen molar-refractivity contribution < 1.29 is 4.79 Å². The summed E-state index contributed by atoms with van der Waals surface area (Å²) in [5.74, 6) is 0.0474. The summed E-state index contributed by atoms with van der Waals surface area (Å²) in [5, 5.41) is 6.30. The standard InChI is InChI=1S/C13H11BrN2OS2/c1-2-4-16-12(8(14)7-15-16)13(17)11-6-10-9(19-11)3-5-18-10/h3,5-7H,2,4H2,1H3. The van der Waals surface area contributed by atoms with Crippen molar-refractivity contribution in [3.05, 3.63) is 38.8 Å². The maximum absolute atomic E-state index is 12.6. The van der Waals surface area contributed by atoms with Gasteiger partial charge in [0, 0.05) is 15.9 Å². The third-order valence-corrected chi connectivity index (χ3v) is 5.48. The van der Waals surface area contributed by atoms with Crippen molar-refractivity contribution in [3.63, 3.8) is 0 Å². The molecule has 0 aromatic carbocycles.